The fourth-order valence-corrected chi connectivity index (χ4v) is 2.41. The highest BCUT2D eigenvalue weighted by molar-refractivity contribution is 6.06. The van der Waals surface area contributed by atoms with E-state index in [-0.39, 0.29) is 17.1 Å². The molecule has 0 spiro atoms. The van der Waals surface area contributed by atoms with Gasteiger partial charge in [-0.2, -0.15) is 10.2 Å². The zero-order chi connectivity index (χ0) is 18.0. The SMILES string of the molecule is C/C(=N\NC(=O)c1nn(C)c(=O)c2ccccc12)c1ccc(F)cc1. The van der Waals surface area contributed by atoms with Crippen molar-refractivity contribution in [2.24, 2.45) is 12.1 Å². The number of rotatable bonds is 3. The molecule has 126 valence electrons. The Balaban J connectivity index is 1.93. The third kappa shape index (κ3) is 3.30. The second kappa shape index (κ2) is 6.64. The maximum absolute atomic E-state index is 13.0. The molecule has 25 heavy (non-hydrogen) atoms. The molecule has 2 aromatic carbocycles. The van der Waals surface area contributed by atoms with Gasteiger partial charge in [-0.05, 0) is 30.7 Å². The molecule has 3 aromatic rings. The topological polar surface area (TPSA) is 76.3 Å². The number of amides is 1. The smallest absolute Gasteiger partial charge is 0.267 e. The quantitative estimate of drug-likeness (QED) is 0.588. The Morgan fingerprint density at radius 3 is 2.44 bits per heavy atom. The maximum atomic E-state index is 13.0. The van der Waals surface area contributed by atoms with Crippen molar-refractivity contribution in [3.8, 4) is 0 Å². The number of hydrogen-bond donors (Lipinski definition) is 1. The second-order valence-corrected chi connectivity index (χ2v) is 5.47. The Labute approximate surface area is 142 Å². The van der Waals surface area contributed by atoms with Crippen molar-refractivity contribution in [2.45, 2.75) is 6.92 Å². The monoisotopic (exact) mass is 338 g/mol. The van der Waals surface area contributed by atoms with Crippen molar-refractivity contribution in [2.75, 3.05) is 0 Å². The van der Waals surface area contributed by atoms with Crippen LogP contribution in [0.2, 0.25) is 0 Å². The van der Waals surface area contributed by atoms with Crippen molar-refractivity contribution >= 4 is 22.4 Å². The third-order valence-corrected chi connectivity index (χ3v) is 3.76. The predicted molar refractivity (Wildman–Crippen MR) is 93.1 cm³/mol. The molecule has 1 heterocycles. The van der Waals surface area contributed by atoms with Gasteiger partial charge in [0.15, 0.2) is 5.69 Å². The van der Waals surface area contributed by atoms with Crippen LogP contribution in [0.3, 0.4) is 0 Å². The number of aryl methyl sites for hydroxylation is 1. The Kier molecular flexibility index (Phi) is 4.38. The summed E-state index contributed by atoms with van der Waals surface area (Å²) in [5, 5.41) is 8.93. The molecule has 0 aliphatic heterocycles. The normalized spacial score (nSPS) is 11.6. The molecule has 0 atom stereocenters. The molecule has 1 aromatic heterocycles. The highest BCUT2D eigenvalue weighted by Gasteiger charge is 2.15. The van der Waals surface area contributed by atoms with Crippen LogP contribution in [0.15, 0.2) is 58.4 Å². The lowest BCUT2D eigenvalue weighted by molar-refractivity contribution is 0.0949. The van der Waals surface area contributed by atoms with Crippen LogP contribution in [0, 0.1) is 5.82 Å². The van der Waals surface area contributed by atoms with Crippen LogP contribution in [0.25, 0.3) is 10.8 Å². The van der Waals surface area contributed by atoms with Crippen molar-refractivity contribution in [1.29, 1.82) is 0 Å². The minimum atomic E-state index is -0.534. The molecular formula is C18H15FN4O2. The number of fused-ring (bicyclic) bond motifs is 1. The summed E-state index contributed by atoms with van der Waals surface area (Å²) >= 11 is 0. The number of hydrazone groups is 1. The number of nitrogens with one attached hydrogen (secondary N) is 1. The fourth-order valence-electron chi connectivity index (χ4n) is 2.41. The van der Waals surface area contributed by atoms with Crippen molar-refractivity contribution in [3.63, 3.8) is 0 Å². The minimum Gasteiger partial charge on any atom is -0.267 e. The number of hydrogen-bond acceptors (Lipinski definition) is 4. The van der Waals surface area contributed by atoms with Crippen LogP contribution in [-0.4, -0.2) is 21.4 Å². The molecule has 0 saturated carbocycles. The third-order valence-electron chi connectivity index (χ3n) is 3.76. The summed E-state index contributed by atoms with van der Waals surface area (Å²) < 4.78 is 14.1. The van der Waals surface area contributed by atoms with Gasteiger partial charge in [0.2, 0.25) is 0 Å². The largest absolute Gasteiger partial charge is 0.292 e. The Hall–Kier alpha value is -3.35. The first-order chi connectivity index (χ1) is 12.0. The van der Waals surface area contributed by atoms with Crippen LogP contribution in [0.5, 0.6) is 0 Å². The molecule has 0 unspecified atom stereocenters. The van der Waals surface area contributed by atoms with Gasteiger partial charge in [-0.15, -0.1) is 0 Å². The average Bonchev–Trinajstić information content (AvgIpc) is 2.63. The summed E-state index contributed by atoms with van der Waals surface area (Å²) in [5.74, 6) is -0.880. The minimum absolute atomic E-state index is 0.105. The summed E-state index contributed by atoms with van der Waals surface area (Å²) in [6.07, 6.45) is 0. The van der Waals surface area contributed by atoms with E-state index < -0.39 is 5.91 Å². The highest BCUT2D eigenvalue weighted by Crippen LogP contribution is 2.13. The van der Waals surface area contributed by atoms with E-state index in [0.29, 0.717) is 22.0 Å². The number of carbonyl (C=O) groups is 1. The lowest BCUT2D eigenvalue weighted by Gasteiger charge is -2.07. The molecule has 0 aliphatic rings. The predicted octanol–water partition coefficient (Wildman–Crippen LogP) is 2.23. The summed E-state index contributed by atoms with van der Waals surface area (Å²) in [7, 11) is 1.48. The zero-order valence-electron chi connectivity index (χ0n) is 13.7. The molecule has 6 nitrogen and oxygen atoms in total. The van der Waals surface area contributed by atoms with Crippen molar-refractivity contribution in [1.82, 2.24) is 15.2 Å². The summed E-state index contributed by atoms with van der Waals surface area (Å²) in [6, 6.07) is 12.5. The van der Waals surface area contributed by atoms with Gasteiger partial charge < -0.3 is 0 Å². The molecule has 0 fully saturated rings. The molecule has 0 bridgehead atoms. The zero-order valence-corrected chi connectivity index (χ0v) is 13.7. The van der Waals surface area contributed by atoms with E-state index in [1.54, 1.807) is 43.3 Å². The van der Waals surface area contributed by atoms with Gasteiger partial charge in [0.25, 0.3) is 11.5 Å². The number of aromatic nitrogens is 2. The van der Waals surface area contributed by atoms with E-state index in [1.807, 2.05) is 0 Å². The standard InChI is InChI=1S/C18H15FN4O2/c1-11(12-7-9-13(19)10-8-12)20-21-17(24)16-14-5-3-4-6-15(14)18(25)23(2)22-16/h3-10H,1-2H3,(H,21,24)/b20-11+. The molecule has 0 saturated heterocycles. The maximum Gasteiger partial charge on any atom is 0.292 e. The Morgan fingerprint density at radius 1 is 1.12 bits per heavy atom. The molecule has 3 rings (SSSR count). The first-order valence-corrected chi connectivity index (χ1v) is 7.54. The van der Waals surface area contributed by atoms with Crippen LogP contribution in [-0.2, 0) is 7.05 Å². The van der Waals surface area contributed by atoms with Crippen LogP contribution >= 0.6 is 0 Å². The van der Waals surface area contributed by atoms with E-state index >= 15 is 0 Å². The molecule has 0 aliphatic carbocycles. The van der Waals surface area contributed by atoms with Gasteiger partial charge in [-0.1, -0.05) is 30.3 Å². The number of carbonyl (C=O) groups excluding carboxylic acids is 1. The average molecular weight is 338 g/mol. The molecule has 1 N–H and O–H groups in total. The van der Waals surface area contributed by atoms with Gasteiger partial charge in [0.05, 0.1) is 11.1 Å². The van der Waals surface area contributed by atoms with E-state index in [0.717, 1.165) is 4.68 Å². The fraction of sp³-hybridized carbons (Fsp3) is 0.111. The van der Waals surface area contributed by atoms with Crippen molar-refractivity contribution < 1.29 is 9.18 Å². The van der Waals surface area contributed by atoms with Gasteiger partial charge in [-0.3, -0.25) is 9.59 Å². The van der Waals surface area contributed by atoms with Crippen molar-refractivity contribution in [3.05, 3.63) is 76.0 Å². The first-order valence-electron chi connectivity index (χ1n) is 7.54. The van der Waals surface area contributed by atoms with Gasteiger partial charge >= 0.3 is 0 Å². The van der Waals surface area contributed by atoms with E-state index in [9.17, 15) is 14.0 Å². The van der Waals surface area contributed by atoms with E-state index in [1.165, 1.54) is 19.2 Å². The van der Waals surface area contributed by atoms with Gasteiger partial charge in [0, 0.05) is 12.4 Å². The van der Waals surface area contributed by atoms with Crippen LogP contribution in [0.4, 0.5) is 4.39 Å². The molecule has 7 heteroatoms. The number of halogens is 1. The Morgan fingerprint density at radius 2 is 1.76 bits per heavy atom. The highest BCUT2D eigenvalue weighted by atomic mass is 19.1. The lowest BCUT2D eigenvalue weighted by Crippen LogP contribution is -2.27. The molecule has 1 amide bonds. The lowest BCUT2D eigenvalue weighted by atomic mass is 10.1. The number of nitrogens with zero attached hydrogens (tertiary/aromatic N) is 3. The van der Waals surface area contributed by atoms with E-state index in [4.69, 9.17) is 0 Å². The molecule has 0 radical (unpaired) electrons. The van der Waals surface area contributed by atoms with Crippen LogP contribution < -0.4 is 11.0 Å². The second-order valence-electron chi connectivity index (χ2n) is 5.47. The number of benzene rings is 2. The summed E-state index contributed by atoms with van der Waals surface area (Å²) in [6.45, 7) is 1.69. The summed E-state index contributed by atoms with van der Waals surface area (Å²) in [4.78, 5) is 24.5. The van der Waals surface area contributed by atoms with Gasteiger partial charge in [-0.25, -0.2) is 14.5 Å². The van der Waals surface area contributed by atoms with Gasteiger partial charge in [0.1, 0.15) is 5.82 Å². The Bertz CT molecular complexity index is 1040. The molecular weight excluding hydrogens is 323 g/mol. The van der Waals surface area contributed by atoms with Crippen LogP contribution in [0.1, 0.15) is 23.0 Å². The summed E-state index contributed by atoms with van der Waals surface area (Å²) in [5.41, 5.74) is 3.45. The van der Waals surface area contributed by atoms with E-state index in [2.05, 4.69) is 15.6 Å². The first kappa shape index (κ1) is 16.5.